The van der Waals surface area contributed by atoms with Gasteiger partial charge in [-0.1, -0.05) is 41.9 Å². The molecule has 1 N–H and O–H groups in total. The number of carbonyl (C=O) groups excluding carboxylic acids is 2. The van der Waals surface area contributed by atoms with Gasteiger partial charge in [0.05, 0.1) is 0 Å². The van der Waals surface area contributed by atoms with Gasteiger partial charge in [-0.05, 0) is 33.4 Å². The molecule has 24 heavy (non-hydrogen) atoms. The van der Waals surface area contributed by atoms with E-state index in [4.69, 9.17) is 21.1 Å². The van der Waals surface area contributed by atoms with Crippen molar-refractivity contribution < 1.29 is 19.1 Å². The Morgan fingerprint density at radius 2 is 1.88 bits per heavy atom. The zero-order valence-corrected chi connectivity index (χ0v) is 15.3. The second-order valence-electron chi connectivity index (χ2n) is 6.45. The molecule has 0 aliphatic carbocycles. The third-order valence-corrected chi connectivity index (χ3v) is 3.07. The van der Waals surface area contributed by atoms with Crippen LogP contribution in [-0.2, 0) is 20.8 Å². The first-order valence-corrected chi connectivity index (χ1v) is 8.19. The third-order valence-electron chi connectivity index (χ3n) is 2.96. The van der Waals surface area contributed by atoms with Crippen LogP contribution in [0.1, 0.15) is 26.3 Å². The number of nitrogens with one attached hydrogen (secondary N) is 1. The Balaban J connectivity index is 2.67. The highest BCUT2D eigenvalue weighted by molar-refractivity contribution is 6.17. The van der Waals surface area contributed by atoms with Crippen molar-refractivity contribution in [3.63, 3.8) is 0 Å². The van der Waals surface area contributed by atoms with Crippen LogP contribution in [0.15, 0.2) is 30.3 Å². The van der Waals surface area contributed by atoms with Crippen LogP contribution in [0.2, 0.25) is 0 Å². The van der Waals surface area contributed by atoms with E-state index in [1.165, 1.54) is 0 Å². The van der Waals surface area contributed by atoms with Crippen molar-refractivity contribution in [1.82, 2.24) is 10.2 Å². The number of halogens is 1. The fraction of sp³-hybridized carbons (Fsp3) is 0.529. The lowest BCUT2D eigenvalue weighted by Crippen LogP contribution is -2.49. The van der Waals surface area contributed by atoms with Crippen molar-refractivity contribution in [2.24, 2.45) is 0 Å². The molecule has 0 aromatic heterocycles. The number of rotatable bonds is 7. The van der Waals surface area contributed by atoms with E-state index < -0.39 is 23.7 Å². The molecule has 1 unspecified atom stereocenters. The van der Waals surface area contributed by atoms with Crippen molar-refractivity contribution in [1.29, 1.82) is 0 Å². The zero-order chi connectivity index (χ0) is 18.2. The second-order valence-corrected chi connectivity index (χ2v) is 6.67. The summed E-state index contributed by atoms with van der Waals surface area (Å²) in [6.45, 7) is 6.14. The molecule has 0 saturated heterocycles. The number of alkyl carbamates (subject to hydrolysis) is 1. The van der Waals surface area contributed by atoms with Gasteiger partial charge in [-0.3, -0.25) is 4.90 Å². The Morgan fingerprint density at radius 3 is 2.42 bits per heavy atom. The number of carbonyl (C=O) groups is 2. The molecule has 1 amide bonds. The Bertz CT molecular complexity index is 531. The second kappa shape index (κ2) is 9.49. The number of hydrogen-bond donors (Lipinski definition) is 1. The lowest BCUT2D eigenvalue weighted by molar-refractivity contribution is -0.144. The summed E-state index contributed by atoms with van der Waals surface area (Å²) in [5, 5.41) is 2.54. The van der Waals surface area contributed by atoms with Crippen molar-refractivity contribution in [3.8, 4) is 0 Å². The van der Waals surface area contributed by atoms with Gasteiger partial charge in [0.2, 0.25) is 0 Å². The minimum atomic E-state index is -0.868. The van der Waals surface area contributed by atoms with E-state index in [-0.39, 0.29) is 12.6 Å². The smallest absolute Gasteiger partial charge is 0.408 e. The van der Waals surface area contributed by atoms with Crippen molar-refractivity contribution in [2.75, 3.05) is 19.7 Å². The van der Waals surface area contributed by atoms with Gasteiger partial charge in [-0.25, -0.2) is 9.59 Å². The highest BCUT2D eigenvalue weighted by Gasteiger charge is 2.26. The average Bonchev–Trinajstić information content (AvgIpc) is 2.45. The molecule has 0 aliphatic heterocycles. The predicted molar refractivity (Wildman–Crippen MR) is 92.7 cm³/mol. The van der Waals surface area contributed by atoms with Crippen LogP contribution in [-0.4, -0.2) is 48.3 Å². The van der Waals surface area contributed by atoms with Crippen LogP contribution in [0.5, 0.6) is 0 Å². The molecular formula is C17H25ClN2O4. The van der Waals surface area contributed by atoms with Gasteiger partial charge in [0.1, 0.15) is 11.6 Å². The fourth-order valence-corrected chi connectivity index (χ4v) is 2.16. The maximum absolute atomic E-state index is 12.0. The summed E-state index contributed by atoms with van der Waals surface area (Å²) in [5.41, 5.74) is 0.447. The fourth-order valence-electron chi connectivity index (χ4n) is 2.05. The molecule has 1 aromatic rings. The van der Waals surface area contributed by atoms with Gasteiger partial charge in [0.25, 0.3) is 0 Å². The predicted octanol–water partition coefficient (Wildman–Crippen LogP) is 2.75. The molecule has 0 aliphatic rings. The topological polar surface area (TPSA) is 67.9 Å². The van der Waals surface area contributed by atoms with E-state index in [0.29, 0.717) is 6.54 Å². The van der Waals surface area contributed by atoms with Gasteiger partial charge in [-0.15, -0.1) is 0 Å². The summed E-state index contributed by atoms with van der Waals surface area (Å²) in [5.74, 6) is -0.601. The van der Waals surface area contributed by atoms with Gasteiger partial charge >= 0.3 is 12.1 Å². The zero-order valence-electron chi connectivity index (χ0n) is 14.5. The molecule has 1 atom stereocenters. The maximum atomic E-state index is 12.0. The Labute approximate surface area is 148 Å². The molecule has 0 heterocycles. The number of hydrogen-bond acceptors (Lipinski definition) is 5. The summed E-state index contributed by atoms with van der Waals surface area (Å²) in [4.78, 5) is 25.9. The van der Waals surface area contributed by atoms with E-state index >= 15 is 0 Å². The summed E-state index contributed by atoms with van der Waals surface area (Å²) < 4.78 is 10.0. The molecule has 1 aromatic carbocycles. The SMILES string of the molecule is CN(Cc1ccccc1)CC(NC(=O)OC(C)(C)C)C(=O)OCCl. The first-order valence-electron chi connectivity index (χ1n) is 7.66. The Kier molecular flexibility index (Phi) is 8.01. The first-order chi connectivity index (χ1) is 11.2. The molecule has 1 rings (SSSR count). The van der Waals surface area contributed by atoms with Gasteiger partial charge in [0, 0.05) is 13.1 Å². The van der Waals surface area contributed by atoms with E-state index in [9.17, 15) is 9.59 Å². The Hall–Kier alpha value is -1.79. The summed E-state index contributed by atoms with van der Waals surface area (Å²) in [7, 11) is 1.85. The van der Waals surface area contributed by atoms with E-state index in [1.54, 1.807) is 20.8 Å². The van der Waals surface area contributed by atoms with E-state index in [1.807, 2.05) is 42.3 Å². The van der Waals surface area contributed by atoms with Gasteiger partial charge < -0.3 is 14.8 Å². The lowest BCUT2D eigenvalue weighted by Gasteiger charge is -2.25. The molecule has 0 spiro atoms. The standard InChI is InChI=1S/C17H25ClN2O4/c1-17(2,3)24-16(22)19-14(15(21)23-12-18)11-20(4)10-13-8-6-5-7-9-13/h5-9,14H,10-12H2,1-4H3,(H,19,22). The summed E-state index contributed by atoms with van der Waals surface area (Å²) >= 11 is 5.45. The molecular weight excluding hydrogens is 332 g/mol. The Morgan fingerprint density at radius 1 is 1.25 bits per heavy atom. The van der Waals surface area contributed by atoms with E-state index in [0.717, 1.165) is 5.56 Å². The normalized spacial score (nSPS) is 12.6. The number of alkyl halides is 1. The molecule has 0 bridgehead atoms. The highest BCUT2D eigenvalue weighted by atomic mass is 35.5. The molecule has 6 nitrogen and oxygen atoms in total. The van der Waals surface area contributed by atoms with Crippen LogP contribution in [0, 0.1) is 0 Å². The quantitative estimate of drug-likeness (QED) is 0.601. The van der Waals surface area contributed by atoms with Crippen LogP contribution >= 0.6 is 11.6 Å². The van der Waals surface area contributed by atoms with Gasteiger partial charge in [-0.2, -0.15) is 0 Å². The minimum Gasteiger partial charge on any atom is -0.448 e. The highest BCUT2D eigenvalue weighted by Crippen LogP contribution is 2.08. The van der Waals surface area contributed by atoms with Crippen LogP contribution in [0.25, 0.3) is 0 Å². The van der Waals surface area contributed by atoms with Crippen LogP contribution in [0.3, 0.4) is 0 Å². The maximum Gasteiger partial charge on any atom is 0.408 e. The largest absolute Gasteiger partial charge is 0.448 e. The van der Waals surface area contributed by atoms with Crippen molar-refractivity contribution in [3.05, 3.63) is 35.9 Å². The minimum absolute atomic E-state index is 0.268. The molecule has 7 heteroatoms. The van der Waals surface area contributed by atoms with Crippen LogP contribution < -0.4 is 5.32 Å². The van der Waals surface area contributed by atoms with Crippen LogP contribution in [0.4, 0.5) is 4.79 Å². The molecule has 0 radical (unpaired) electrons. The monoisotopic (exact) mass is 356 g/mol. The van der Waals surface area contributed by atoms with E-state index in [2.05, 4.69) is 5.32 Å². The molecule has 0 saturated carbocycles. The number of ether oxygens (including phenoxy) is 2. The third kappa shape index (κ3) is 8.17. The van der Waals surface area contributed by atoms with Crippen molar-refractivity contribution >= 4 is 23.7 Å². The number of nitrogens with zero attached hydrogens (tertiary/aromatic N) is 1. The average molecular weight is 357 g/mol. The number of likely N-dealkylation sites (N-methyl/N-ethyl adjacent to an activating group) is 1. The lowest BCUT2D eigenvalue weighted by atomic mass is 10.2. The number of esters is 1. The molecule has 0 fully saturated rings. The van der Waals surface area contributed by atoms with Gasteiger partial charge in [0.15, 0.2) is 6.07 Å². The summed E-state index contributed by atoms with van der Waals surface area (Å²) in [6.07, 6.45) is -0.674. The van der Waals surface area contributed by atoms with Crippen molar-refractivity contribution in [2.45, 2.75) is 39.0 Å². The number of amides is 1. The first kappa shape index (κ1) is 20.3. The number of benzene rings is 1. The molecule has 134 valence electrons. The summed E-state index contributed by atoms with van der Waals surface area (Å²) in [6, 6.07) is 8.67.